The number of rotatable bonds is 7. The van der Waals surface area contributed by atoms with Gasteiger partial charge in [0.05, 0.1) is 13.2 Å². The summed E-state index contributed by atoms with van der Waals surface area (Å²) in [6.07, 6.45) is 6.18. The Hall–Kier alpha value is -3.16. The second kappa shape index (κ2) is 12.2. The Labute approximate surface area is 213 Å². The Bertz CT molecular complexity index is 1150. The van der Waals surface area contributed by atoms with Crippen LogP contribution in [0.15, 0.2) is 54.6 Å². The average molecular weight is 489 g/mol. The van der Waals surface area contributed by atoms with E-state index in [9.17, 15) is 4.79 Å². The molecule has 7 heteroatoms. The molecule has 1 amide bonds. The molecule has 190 valence electrons. The molecule has 0 aliphatic carbocycles. The predicted octanol–water partition coefficient (Wildman–Crippen LogP) is 4.97. The van der Waals surface area contributed by atoms with Gasteiger partial charge in [0.1, 0.15) is 23.9 Å². The summed E-state index contributed by atoms with van der Waals surface area (Å²) in [4.78, 5) is 22.6. The number of morpholine rings is 1. The number of hydrogen-bond donors (Lipinski definition) is 1. The summed E-state index contributed by atoms with van der Waals surface area (Å²) in [6, 6.07) is 17.6. The monoisotopic (exact) mass is 488 g/mol. The maximum absolute atomic E-state index is 13.2. The molecule has 0 bridgehead atoms. The minimum Gasteiger partial charge on any atom is -0.492 e. The molecule has 0 unspecified atom stereocenters. The molecule has 2 aliphatic rings. The molecular formula is C29H36N4O3. The van der Waals surface area contributed by atoms with Crippen molar-refractivity contribution in [3.05, 3.63) is 60.3 Å². The second-order valence-corrected chi connectivity index (χ2v) is 9.55. The van der Waals surface area contributed by atoms with E-state index in [-0.39, 0.29) is 5.91 Å². The smallest absolute Gasteiger partial charge is 0.274 e. The normalized spacial score (nSPS) is 17.4. The predicted molar refractivity (Wildman–Crippen MR) is 144 cm³/mol. The minimum atomic E-state index is -0.199. The van der Waals surface area contributed by atoms with Crippen LogP contribution in [-0.2, 0) is 4.74 Å². The molecule has 1 aromatic heterocycles. The minimum absolute atomic E-state index is 0.199. The molecule has 3 aromatic rings. The van der Waals surface area contributed by atoms with E-state index in [1.165, 1.54) is 32.1 Å². The zero-order chi connectivity index (χ0) is 24.6. The van der Waals surface area contributed by atoms with Crippen LogP contribution in [0.3, 0.4) is 0 Å². The number of carbonyl (C=O) groups is 1. The first kappa shape index (κ1) is 24.5. The highest BCUT2D eigenvalue weighted by Gasteiger charge is 2.16. The van der Waals surface area contributed by atoms with E-state index in [0.717, 1.165) is 74.0 Å². The standard InChI is InChI=1S/C29H36N4O3/c34-29(26-11-8-12-28(30-26)33-15-6-2-1-3-7-16-33)31-25-13-14-27(24-10-5-4-9-23(24)25)36-22-19-32-17-20-35-21-18-32/h4-5,8-14H,1-3,6-7,15-22H2,(H,31,34). The van der Waals surface area contributed by atoms with Crippen molar-refractivity contribution in [1.29, 1.82) is 0 Å². The number of amides is 1. The van der Waals surface area contributed by atoms with Crippen LogP contribution in [0, 0.1) is 0 Å². The Kier molecular flexibility index (Phi) is 8.31. The molecule has 2 fully saturated rings. The molecule has 36 heavy (non-hydrogen) atoms. The van der Waals surface area contributed by atoms with Gasteiger partial charge in [-0.2, -0.15) is 0 Å². The van der Waals surface area contributed by atoms with Crippen molar-refractivity contribution >= 4 is 28.2 Å². The summed E-state index contributed by atoms with van der Waals surface area (Å²) in [5.74, 6) is 1.52. The number of fused-ring (bicyclic) bond motifs is 1. The maximum atomic E-state index is 13.2. The third-order valence-electron chi connectivity index (χ3n) is 7.05. The van der Waals surface area contributed by atoms with Gasteiger partial charge in [-0.25, -0.2) is 4.98 Å². The van der Waals surface area contributed by atoms with E-state index in [2.05, 4.69) is 15.1 Å². The van der Waals surface area contributed by atoms with Crippen LogP contribution < -0.4 is 15.0 Å². The van der Waals surface area contributed by atoms with Crippen molar-refractivity contribution in [3.8, 4) is 5.75 Å². The van der Waals surface area contributed by atoms with Crippen molar-refractivity contribution in [2.45, 2.75) is 32.1 Å². The SMILES string of the molecule is O=C(Nc1ccc(OCCN2CCOCC2)c2ccccc12)c1cccc(N2CCCCCCC2)n1. The summed E-state index contributed by atoms with van der Waals surface area (Å²) in [5, 5.41) is 5.03. The Morgan fingerprint density at radius 1 is 0.861 bits per heavy atom. The highest BCUT2D eigenvalue weighted by atomic mass is 16.5. The van der Waals surface area contributed by atoms with Crippen LogP contribution in [0.4, 0.5) is 11.5 Å². The summed E-state index contributed by atoms with van der Waals surface area (Å²) >= 11 is 0. The number of ether oxygens (including phenoxy) is 2. The number of nitrogens with one attached hydrogen (secondary N) is 1. The van der Waals surface area contributed by atoms with Gasteiger partial charge < -0.3 is 19.7 Å². The van der Waals surface area contributed by atoms with E-state index < -0.39 is 0 Å². The fourth-order valence-electron chi connectivity index (χ4n) is 5.00. The molecule has 0 spiro atoms. The highest BCUT2D eigenvalue weighted by molar-refractivity contribution is 6.09. The first-order chi connectivity index (χ1) is 17.8. The van der Waals surface area contributed by atoms with Crippen LogP contribution >= 0.6 is 0 Å². The Morgan fingerprint density at radius 2 is 1.61 bits per heavy atom. The van der Waals surface area contributed by atoms with Crippen LogP contribution in [0.2, 0.25) is 0 Å². The van der Waals surface area contributed by atoms with E-state index in [1.807, 2.05) is 48.5 Å². The van der Waals surface area contributed by atoms with Gasteiger partial charge >= 0.3 is 0 Å². The van der Waals surface area contributed by atoms with Gasteiger partial charge in [-0.15, -0.1) is 0 Å². The lowest BCUT2D eigenvalue weighted by Gasteiger charge is -2.26. The Morgan fingerprint density at radius 3 is 2.42 bits per heavy atom. The molecule has 0 radical (unpaired) electrons. The zero-order valence-corrected chi connectivity index (χ0v) is 21.0. The Balaban J connectivity index is 1.28. The molecule has 3 heterocycles. The fourth-order valence-corrected chi connectivity index (χ4v) is 5.00. The topological polar surface area (TPSA) is 66.9 Å². The number of hydrogen-bond acceptors (Lipinski definition) is 6. The maximum Gasteiger partial charge on any atom is 0.274 e. The molecule has 7 nitrogen and oxygen atoms in total. The number of anilines is 2. The summed E-state index contributed by atoms with van der Waals surface area (Å²) in [6.45, 7) is 6.94. The molecule has 2 aromatic carbocycles. The van der Waals surface area contributed by atoms with Crippen molar-refractivity contribution in [2.24, 2.45) is 0 Å². The van der Waals surface area contributed by atoms with Gasteiger partial charge in [0.15, 0.2) is 0 Å². The lowest BCUT2D eigenvalue weighted by Crippen LogP contribution is -2.38. The van der Waals surface area contributed by atoms with Gasteiger partial charge in [0.25, 0.3) is 5.91 Å². The lowest BCUT2D eigenvalue weighted by molar-refractivity contribution is 0.0323. The third-order valence-corrected chi connectivity index (χ3v) is 7.05. The van der Waals surface area contributed by atoms with Crippen molar-refractivity contribution in [2.75, 3.05) is 62.8 Å². The van der Waals surface area contributed by atoms with Crippen molar-refractivity contribution in [3.63, 3.8) is 0 Å². The molecule has 1 N–H and O–H groups in total. The quantitative estimate of drug-likeness (QED) is 0.507. The highest BCUT2D eigenvalue weighted by Crippen LogP contribution is 2.32. The fraction of sp³-hybridized carbons (Fsp3) is 0.448. The summed E-state index contributed by atoms with van der Waals surface area (Å²) < 4.78 is 11.6. The summed E-state index contributed by atoms with van der Waals surface area (Å²) in [7, 11) is 0. The van der Waals surface area contributed by atoms with Crippen molar-refractivity contribution in [1.82, 2.24) is 9.88 Å². The van der Waals surface area contributed by atoms with E-state index in [4.69, 9.17) is 14.5 Å². The molecule has 2 aliphatic heterocycles. The zero-order valence-electron chi connectivity index (χ0n) is 21.0. The number of aromatic nitrogens is 1. The second-order valence-electron chi connectivity index (χ2n) is 9.55. The average Bonchev–Trinajstić information content (AvgIpc) is 2.90. The van der Waals surface area contributed by atoms with E-state index >= 15 is 0 Å². The van der Waals surface area contributed by atoms with Crippen LogP contribution in [-0.4, -0.2) is 68.3 Å². The third kappa shape index (κ3) is 6.15. The first-order valence-electron chi connectivity index (χ1n) is 13.3. The van der Waals surface area contributed by atoms with Gasteiger partial charge in [-0.3, -0.25) is 9.69 Å². The van der Waals surface area contributed by atoms with Crippen LogP contribution in [0.5, 0.6) is 5.75 Å². The van der Waals surface area contributed by atoms with Gasteiger partial charge in [-0.05, 0) is 37.1 Å². The number of nitrogens with zero attached hydrogens (tertiary/aromatic N) is 3. The lowest BCUT2D eigenvalue weighted by atomic mass is 10.1. The van der Waals surface area contributed by atoms with Gasteiger partial charge in [0.2, 0.25) is 0 Å². The number of benzene rings is 2. The number of carbonyl (C=O) groups excluding carboxylic acids is 1. The summed E-state index contributed by atoms with van der Waals surface area (Å²) in [5.41, 5.74) is 1.19. The van der Waals surface area contributed by atoms with Gasteiger partial charge in [-0.1, -0.05) is 49.6 Å². The van der Waals surface area contributed by atoms with Crippen LogP contribution in [0.1, 0.15) is 42.6 Å². The van der Waals surface area contributed by atoms with E-state index in [1.54, 1.807) is 6.07 Å². The van der Waals surface area contributed by atoms with Crippen molar-refractivity contribution < 1.29 is 14.3 Å². The van der Waals surface area contributed by atoms with Gasteiger partial charge in [0, 0.05) is 49.2 Å². The molecular weight excluding hydrogens is 452 g/mol. The number of pyridine rings is 1. The largest absolute Gasteiger partial charge is 0.492 e. The van der Waals surface area contributed by atoms with E-state index in [0.29, 0.717) is 12.3 Å². The molecule has 5 rings (SSSR count). The molecule has 2 saturated heterocycles. The molecule has 0 saturated carbocycles. The first-order valence-corrected chi connectivity index (χ1v) is 13.3. The molecule has 0 atom stereocenters. The van der Waals surface area contributed by atoms with Crippen LogP contribution in [0.25, 0.3) is 10.8 Å².